The Morgan fingerprint density at radius 2 is 2.19 bits per heavy atom. The number of halogens is 1. The van der Waals surface area contributed by atoms with Crippen molar-refractivity contribution in [3.05, 3.63) is 35.1 Å². The summed E-state index contributed by atoms with van der Waals surface area (Å²) in [4.78, 5) is 2.50. The molecule has 0 aromatic heterocycles. The Bertz CT molecular complexity index is 401. The van der Waals surface area contributed by atoms with Crippen LogP contribution in [0.25, 0.3) is 0 Å². The molecule has 0 saturated heterocycles. The first-order valence-electron chi connectivity index (χ1n) is 6.00. The fraction of sp³-hybridized carbons (Fsp3) is 0.538. The van der Waals surface area contributed by atoms with Gasteiger partial charge in [-0.15, -0.1) is 0 Å². The molecule has 0 amide bonds. The Labute approximate surface area is 95.2 Å². The molecular weight excluding hydrogens is 203 g/mol. The van der Waals surface area contributed by atoms with Gasteiger partial charge in [-0.2, -0.15) is 0 Å². The van der Waals surface area contributed by atoms with Crippen LogP contribution in [0.4, 0.5) is 4.39 Å². The summed E-state index contributed by atoms with van der Waals surface area (Å²) in [7, 11) is 0. The number of hydrogen-bond acceptors (Lipinski definition) is 2. The quantitative estimate of drug-likeness (QED) is 0.824. The van der Waals surface area contributed by atoms with Crippen LogP contribution in [0.1, 0.15) is 29.9 Å². The van der Waals surface area contributed by atoms with E-state index in [1.54, 1.807) is 12.1 Å². The maximum Gasteiger partial charge on any atom is 0.123 e. The Morgan fingerprint density at radius 1 is 1.38 bits per heavy atom. The van der Waals surface area contributed by atoms with Crippen molar-refractivity contribution >= 4 is 0 Å². The van der Waals surface area contributed by atoms with Gasteiger partial charge in [0.1, 0.15) is 5.82 Å². The molecule has 1 atom stereocenters. The first-order chi connectivity index (χ1) is 7.78. The van der Waals surface area contributed by atoms with Gasteiger partial charge in [0.15, 0.2) is 0 Å². The molecule has 0 spiro atoms. The van der Waals surface area contributed by atoms with E-state index in [2.05, 4.69) is 4.90 Å². The van der Waals surface area contributed by atoms with Crippen molar-refractivity contribution in [2.75, 3.05) is 13.1 Å². The molecule has 3 rings (SSSR count). The Balaban J connectivity index is 1.93. The van der Waals surface area contributed by atoms with E-state index >= 15 is 0 Å². The second-order valence-electron chi connectivity index (χ2n) is 4.94. The van der Waals surface area contributed by atoms with Crippen LogP contribution in [0.2, 0.25) is 0 Å². The minimum Gasteiger partial charge on any atom is -0.330 e. The van der Waals surface area contributed by atoms with Crippen molar-refractivity contribution in [3.8, 4) is 0 Å². The second-order valence-corrected chi connectivity index (χ2v) is 4.94. The van der Waals surface area contributed by atoms with Gasteiger partial charge in [-0.1, -0.05) is 6.07 Å². The number of fused-ring (bicyclic) bond motifs is 1. The Hall–Kier alpha value is -0.930. The second kappa shape index (κ2) is 3.82. The van der Waals surface area contributed by atoms with Crippen LogP contribution in [-0.2, 0) is 6.54 Å². The molecule has 0 radical (unpaired) electrons. The van der Waals surface area contributed by atoms with E-state index in [4.69, 9.17) is 5.73 Å². The van der Waals surface area contributed by atoms with E-state index in [9.17, 15) is 4.39 Å². The lowest BCUT2D eigenvalue weighted by Gasteiger charge is -2.34. The van der Waals surface area contributed by atoms with Crippen LogP contribution in [0, 0.1) is 5.82 Å². The van der Waals surface area contributed by atoms with Gasteiger partial charge in [-0.05, 0) is 36.1 Å². The van der Waals surface area contributed by atoms with E-state index in [-0.39, 0.29) is 5.82 Å². The molecule has 86 valence electrons. The van der Waals surface area contributed by atoms with E-state index in [0.717, 1.165) is 24.7 Å². The third-order valence-corrected chi connectivity index (χ3v) is 3.72. The van der Waals surface area contributed by atoms with Crippen LogP contribution in [-0.4, -0.2) is 24.0 Å². The third kappa shape index (κ3) is 1.74. The minimum atomic E-state index is -0.142. The van der Waals surface area contributed by atoms with Crippen molar-refractivity contribution in [3.63, 3.8) is 0 Å². The highest BCUT2D eigenvalue weighted by Crippen LogP contribution is 2.35. The van der Waals surface area contributed by atoms with Crippen LogP contribution >= 0.6 is 0 Å². The number of benzene rings is 1. The fourth-order valence-corrected chi connectivity index (χ4v) is 2.67. The van der Waals surface area contributed by atoms with Crippen molar-refractivity contribution in [2.45, 2.75) is 31.3 Å². The SMILES string of the molecule is NCC1CN(C2CC2)Cc2ccc(F)cc21. The van der Waals surface area contributed by atoms with E-state index in [1.807, 2.05) is 6.07 Å². The van der Waals surface area contributed by atoms with Gasteiger partial charge in [0.25, 0.3) is 0 Å². The molecule has 1 fully saturated rings. The number of nitrogens with two attached hydrogens (primary N) is 1. The van der Waals surface area contributed by atoms with Crippen LogP contribution in [0.5, 0.6) is 0 Å². The molecular formula is C13H17FN2. The van der Waals surface area contributed by atoms with Crippen LogP contribution in [0.3, 0.4) is 0 Å². The molecule has 1 aliphatic carbocycles. The molecule has 16 heavy (non-hydrogen) atoms. The van der Waals surface area contributed by atoms with E-state index < -0.39 is 0 Å². The fourth-order valence-electron chi connectivity index (χ4n) is 2.67. The number of rotatable bonds is 2. The van der Waals surface area contributed by atoms with E-state index in [1.165, 1.54) is 18.4 Å². The first-order valence-corrected chi connectivity index (χ1v) is 6.00. The van der Waals surface area contributed by atoms with Gasteiger partial charge >= 0.3 is 0 Å². The van der Waals surface area contributed by atoms with Gasteiger partial charge in [0.05, 0.1) is 0 Å². The summed E-state index contributed by atoms with van der Waals surface area (Å²) < 4.78 is 13.2. The standard InChI is InChI=1S/C13H17FN2/c14-11-2-1-9-7-16(12-3-4-12)8-10(6-15)13(9)5-11/h1-2,5,10,12H,3-4,6-8,15H2. The maximum atomic E-state index is 13.2. The normalized spacial score (nSPS) is 25.5. The van der Waals surface area contributed by atoms with Gasteiger partial charge in [-0.3, -0.25) is 4.90 Å². The number of hydrogen-bond donors (Lipinski definition) is 1. The van der Waals surface area contributed by atoms with Gasteiger partial charge in [0, 0.05) is 31.6 Å². The lowest BCUT2D eigenvalue weighted by atomic mass is 9.89. The number of nitrogens with zero attached hydrogens (tertiary/aromatic N) is 1. The zero-order valence-corrected chi connectivity index (χ0v) is 9.32. The Morgan fingerprint density at radius 3 is 2.88 bits per heavy atom. The highest BCUT2D eigenvalue weighted by atomic mass is 19.1. The molecule has 0 bridgehead atoms. The zero-order chi connectivity index (χ0) is 11.1. The summed E-state index contributed by atoms with van der Waals surface area (Å²) in [6, 6.07) is 5.90. The zero-order valence-electron chi connectivity index (χ0n) is 9.32. The average molecular weight is 220 g/mol. The van der Waals surface area contributed by atoms with Crippen LogP contribution < -0.4 is 5.73 Å². The molecule has 2 aliphatic rings. The Kier molecular flexibility index (Phi) is 2.45. The topological polar surface area (TPSA) is 29.3 Å². The van der Waals surface area contributed by atoms with Crippen molar-refractivity contribution < 1.29 is 4.39 Å². The highest BCUT2D eigenvalue weighted by molar-refractivity contribution is 5.34. The molecule has 3 heteroatoms. The van der Waals surface area contributed by atoms with Crippen LogP contribution in [0.15, 0.2) is 18.2 Å². The summed E-state index contributed by atoms with van der Waals surface area (Å²) >= 11 is 0. The predicted molar refractivity (Wildman–Crippen MR) is 61.6 cm³/mol. The summed E-state index contributed by atoms with van der Waals surface area (Å²) in [6.45, 7) is 2.58. The largest absolute Gasteiger partial charge is 0.330 e. The van der Waals surface area contributed by atoms with Gasteiger partial charge in [-0.25, -0.2) is 4.39 Å². The average Bonchev–Trinajstić information content (AvgIpc) is 3.11. The van der Waals surface area contributed by atoms with Crippen molar-refractivity contribution in [1.29, 1.82) is 0 Å². The smallest absolute Gasteiger partial charge is 0.123 e. The molecule has 1 aromatic rings. The molecule has 1 aromatic carbocycles. The maximum absolute atomic E-state index is 13.2. The summed E-state index contributed by atoms with van der Waals surface area (Å²) in [5.74, 6) is 0.164. The molecule has 1 saturated carbocycles. The predicted octanol–water partition coefficient (Wildman–Crippen LogP) is 1.85. The first kappa shape index (κ1) is 10.2. The lowest BCUT2D eigenvalue weighted by Crippen LogP contribution is -2.37. The molecule has 1 unspecified atom stereocenters. The summed E-state index contributed by atoms with van der Waals surface area (Å²) in [5, 5.41) is 0. The molecule has 2 nitrogen and oxygen atoms in total. The summed E-state index contributed by atoms with van der Waals surface area (Å²) in [6.07, 6.45) is 2.63. The molecule has 2 N–H and O–H groups in total. The monoisotopic (exact) mass is 220 g/mol. The summed E-state index contributed by atoms with van der Waals surface area (Å²) in [5.41, 5.74) is 8.19. The molecule has 1 heterocycles. The minimum absolute atomic E-state index is 0.142. The van der Waals surface area contributed by atoms with Crippen molar-refractivity contribution in [1.82, 2.24) is 4.90 Å². The van der Waals surface area contributed by atoms with Gasteiger partial charge in [0.2, 0.25) is 0 Å². The lowest BCUT2D eigenvalue weighted by molar-refractivity contribution is 0.221. The van der Waals surface area contributed by atoms with Crippen molar-refractivity contribution in [2.24, 2.45) is 5.73 Å². The highest BCUT2D eigenvalue weighted by Gasteiger charge is 2.34. The van der Waals surface area contributed by atoms with Gasteiger partial charge < -0.3 is 5.73 Å². The van der Waals surface area contributed by atoms with E-state index in [0.29, 0.717) is 12.5 Å². The third-order valence-electron chi connectivity index (χ3n) is 3.72. The molecule has 1 aliphatic heterocycles.